The SMILES string of the molecule is CCO[C@@H](c1ccccc1)c1sc2nc(C)cc(COC)c2c1NC(=O)c1ccc(OC)cc1. The highest BCUT2D eigenvalue weighted by molar-refractivity contribution is 7.19. The third kappa shape index (κ3) is 4.97. The summed E-state index contributed by atoms with van der Waals surface area (Å²) in [4.78, 5) is 19.8. The van der Waals surface area contributed by atoms with E-state index in [1.54, 1.807) is 38.5 Å². The first-order chi connectivity index (χ1) is 16.5. The summed E-state index contributed by atoms with van der Waals surface area (Å²) < 4.78 is 16.9. The Morgan fingerprint density at radius 1 is 1.09 bits per heavy atom. The molecule has 1 atom stereocenters. The summed E-state index contributed by atoms with van der Waals surface area (Å²) in [6, 6.07) is 19.1. The maximum absolute atomic E-state index is 13.3. The average Bonchev–Trinajstić information content (AvgIpc) is 3.20. The van der Waals surface area contributed by atoms with E-state index in [1.165, 1.54) is 11.3 Å². The lowest BCUT2D eigenvalue weighted by Crippen LogP contribution is -2.15. The minimum atomic E-state index is -0.340. The third-order valence-electron chi connectivity index (χ3n) is 5.46. The van der Waals surface area contributed by atoms with Gasteiger partial charge in [-0.15, -0.1) is 11.3 Å². The number of aryl methyl sites for hydroxylation is 1. The van der Waals surface area contributed by atoms with Gasteiger partial charge in [-0.2, -0.15) is 0 Å². The molecular weight excluding hydrogens is 448 g/mol. The molecule has 34 heavy (non-hydrogen) atoms. The monoisotopic (exact) mass is 476 g/mol. The van der Waals surface area contributed by atoms with E-state index in [4.69, 9.17) is 19.2 Å². The number of nitrogens with zero attached hydrogens (tertiary/aromatic N) is 1. The molecule has 1 N–H and O–H groups in total. The van der Waals surface area contributed by atoms with E-state index in [0.29, 0.717) is 30.2 Å². The van der Waals surface area contributed by atoms with Gasteiger partial charge in [0.1, 0.15) is 16.7 Å². The molecule has 0 spiro atoms. The maximum atomic E-state index is 13.3. The molecule has 0 radical (unpaired) electrons. The predicted octanol–water partition coefficient (Wildman–Crippen LogP) is 6.14. The number of nitrogens with one attached hydrogen (secondary N) is 1. The number of amides is 1. The molecule has 0 unspecified atom stereocenters. The minimum Gasteiger partial charge on any atom is -0.497 e. The van der Waals surface area contributed by atoms with Gasteiger partial charge in [0.25, 0.3) is 5.91 Å². The van der Waals surface area contributed by atoms with Gasteiger partial charge >= 0.3 is 0 Å². The Balaban J connectivity index is 1.88. The van der Waals surface area contributed by atoms with Crippen LogP contribution in [0.15, 0.2) is 60.7 Å². The number of carbonyl (C=O) groups excluding carboxylic acids is 1. The van der Waals surface area contributed by atoms with Gasteiger partial charge in [-0.05, 0) is 55.3 Å². The minimum absolute atomic E-state index is 0.212. The first kappa shape index (κ1) is 23.9. The number of ether oxygens (including phenoxy) is 3. The molecule has 176 valence electrons. The molecule has 2 aromatic carbocycles. The first-order valence-electron chi connectivity index (χ1n) is 11.1. The number of hydrogen-bond donors (Lipinski definition) is 1. The molecule has 0 aliphatic rings. The summed E-state index contributed by atoms with van der Waals surface area (Å²) in [5.74, 6) is 0.483. The molecule has 2 heterocycles. The van der Waals surface area contributed by atoms with Crippen molar-refractivity contribution in [2.24, 2.45) is 0 Å². The lowest BCUT2D eigenvalue weighted by Gasteiger charge is -2.19. The molecule has 7 heteroatoms. The van der Waals surface area contributed by atoms with Gasteiger partial charge in [-0.1, -0.05) is 30.3 Å². The van der Waals surface area contributed by atoms with E-state index < -0.39 is 0 Å². The Morgan fingerprint density at radius 3 is 2.47 bits per heavy atom. The zero-order valence-electron chi connectivity index (χ0n) is 19.8. The standard InChI is InChI=1S/C27H28N2O4S/c1-5-33-24(18-9-7-6-8-10-18)25-23(29-26(30)19-11-13-21(32-4)14-12-19)22-20(16-31-3)15-17(2)28-27(22)34-25/h6-15,24H,5,16H2,1-4H3,(H,29,30)/t24-/m0/s1. The largest absolute Gasteiger partial charge is 0.497 e. The summed E-state index contributed by atoms with van der Waals surface area (Å²) in [5, 5.41) is 4.05. The van der Waals surface area contributed by atoms with Crippen LogP contribution in [0.5, 0.6) is 5.75 Å². The van der Waals surface area contributed by atoms with Crippen LogP contribution in [0.2, 0.25) is 0 Å². The number of pyridine rings is 1. The average molecular weight is 477 g/mol. The van der Waals surface area contributed by atoms with Crippen molar-refractivity contribution in [3.05, 3.63) is 87.9 Å². The predicted molar refractivity (Wildman–Crippen MR) is 136 cm³/mol. The van der Waals surface area contributed by atoms with E-state index in [1.807, 2.05) is 50.2 Å². The quantitative estimate of drug-likeness (QED) is 0.314. The third-order valence-corrected chi connectivity index (χ3v) is 6.59. The second-order valence-corrected chi connectivity index (χ2v) is 8.84. The van der Waals surface area contributed by atoms with Gasteiger partial charge in [-0.25, -0.2) is 4.98 Å². The van der Waals surface area contributed by atoms with Crippen LogP contribution < -0.4 is 10.1 Å². The number of methoxy groups -OCH3 is 2. The number of rotatable bonds is 9. The molecule has 0 aliphatic carbocycles. The molecule has 0 bridgehead atoms. The number of anilines is 1. The van der Waals surface area contributed by atoms with Crippen molar-refractivity contribution < 1.29 is 19.0 Å². The Morgan fingerprint density at radius 2 is 1.82 bits per heavy atom. The number of hydrogen-bond acceptors (Lipinski definition) is 6. The summed E-state index contributed by atoms with van der Waals surface area (Å²) in [6.07, 6.45) is -0.340. The zero-order chi connectivity index (χ0) is 24.1. The van der Waals surface area contributed by atoms with Crippen LogP contribution in [0.25, 0.3) is 10.2 Å². The number of thiophene rings is 1. The molecule has 4 rings (SSSR count). The molecule has 2 aromatic heterocycles. The molecule has 0 saturated heterocycles. The van der Waals surface area contributed by atoms with Crippen molar-refractivity contribution in [2.75, 3.05) is 26.1 Å². The van der Waals surface area contributed by atoms with E-state index in [0.717, 1.165) is 31.9 Å². The number of aromatic nitrogens is 1. The fraction of sp³-hybridized carbons (Fsp3) is 0.259. The van der Waals surface area contributed by atoms with E-state index >= 15 is 0 Å². The van der Waals surface area contributed by atoms with Gasteiger partial charge < -0.3 is 19.5 Å². The zero-order valence-corrected chi connectivity index (χ0v) is 20.6. The molecular formula is C27H28N2O4S. The van der Waals surface area contributed by atoms with Crippen LogP contribution in [-0.2, 0) is 16.1 Å². The highest BCUT2D eigenvalue weighted by Crippen LogP contribution is 2.44. The Hall–Kier alpha value is -3.26. The molecule has 4 aromatic rings. The van der Waals surface area contributed by atoms with Crippen LogP contribution in [0, 0.1) is 6.92 Å². The van der Waals surface area contributed by atoms with Gasteiger partial charge in [-0.3, -0.25) is 4.79 Å². The summed E-state index contributed by atoms with van der Waals surface area (Å²) in [6.45, 7) is 4.87. The van der Waals surface area contributed by atoms with Crippen molar-refractivity contribution in [3.63, 3.8) is 0 Å². The molecule has 1 amide bonds. The van der Waals surface area contributed by atoms with E-state index in [-0.39, 0.29) is 12.0 Å². The molecule has 0 fully saturated rings. The van der Waals surface area contributed by atoms with Gasteiger partial charge in [0, 0.05) is 30.4 Å². The van der Waals surface area contributed by atoms with Crippen molar-refractivity contribution in [2.45, 2.75) is 26.6 Å². The van der Waals surface area contributed by atoms with Crippen LogP contribution >= 0.6 is 11.3 Å². The van der Waals surface area contributed by atoms with Crippen molar-refractivity contribution in [3.8, 4) is 5.75 Å². The summed E-state index contributed by atoms with van der Waals surface area (Å²) in [7, 11) is 3.26. The van der Waals surface area contributed by atoms with Crippen molar-refractivity contribution >= 4 is 33.1 Å². The van der Waals surface area contributed by atoms with Crippen LogP contribution in [-0.4, -0.2) is 31.7 Å². The maximum Gasteiger partial charge on any atom is 0.255 e. The van der Waals surface area contributed by atoms with Crippen LogP contribution in [0.4, 0.5) is 5.69 Å². The Kier molecular flexibility index (Phi) is 7.57. The number of carbonyl (C=O) groups is 1. The highest BCUT2D eigenvalue weighted by Gasteiger charge is 2.26. The summed E-state index contributed by atoms with van der Waals surface area (Å²) >= 11 is 1.54. The molecule has 6 nitrogen and oxygen atoms in total. The fourth-order valence-electron chi connectivity index (χ4n) is 3.95. The lowest BCUT2D eigenvalue weighted by atomic mass is 10.0. The lowest BCUT2D eigenvalue weighted by molar-refractivity contribution is 0.0940. The van der Waals surface area contributed by atoms with Crippen LogP contribution in [0.3, 0.4) is 0 Å². The summed E-state index contributed by atoms with van der Waals surface area (Å²) in [5.41, 5.74) is 4.13. The Bertz CT molecular complexity index is 1270. The van der Waals surface area contributed by atoms with E-state index in [9.17, 15) is 4.79 Å². The van der Waals surface area contributed by atoms with Crippen molar-refractivity contribution in [1.29, 1.82) is 0 Å². The highest BCUT2D eigenvalue weighted by atomic mass is 32.1. The Labute approximate surface area is 203 Å². The van der Waals surface area contributed by atoms with E-state index in [2.05, 4.69) is 5.32 Å². The second-order valence-electron chi connectivity index (χ2n) is 7.81. The van der Waals surface area contributed by atoms with Gasteiger partial charge in [0.15, 0.2) is 0 Å². The fourth-order valence-corrected chi connectivity index (χ4v) is 5.25. The normalized spacial score (nSPS) is 12.0. The van der Waals surface area contributed by atoms with Gasteiger partial charge in [0.2, 0.25) is 0 Å². The molecule has 0 aliphatic heterocycles. The second kappa shape index (κ2) is 10.8. The van der Waals surface area contributed by atoms with Crippen molar-refractivity contribution in [1.82, 2.24) is 4.98 Å². The topological polar surface area (TPSA) is 69.7 Å². The van der Waals surface area contributed by atoms with Gasteiger partial charge in [0.05, 0.1) is 24.3 Å². The number of benzene rings is 2. The molecule has 0 saturated carbocycles. The first-order valence-corrected chi connectivity index (χ1v) is 11.9. The number of fused-ring (bicyclic) bond motifs is 1. The van der Waals surface area contributed by atoms with Crippen LogP contribution in [0.1, 0.15) is 45.1 Å². The smallest absolute Gasteiger partial charge is 0.255 e.